The van der Waals surface area contributed by atoms with E-state index in [-0.39, 0.29) is 48.8 Å². The lowest BCUT2D eigenvalue weighted by Crippen LogP contribution is -2.34. The molecule has 0 fully saturated rings. The van der Waals surface area contributed by atoms with Gasteiger partial charge in [-0.05, 0) is 34.1 Å². The number of carbonyl (C=O) groups is 1. The summed E-state index contributed by atoms with van der Waals surface area (Å²) in [6.45, 7) is 19.6. The van der Waals surface area contributed by atoms with Crippen LogP contribution in [0.5, 0.6) is 0 Å². The molecule has 0 spiro atoms. The van der Waals surface area contributed by atoms with Crippen molar-refractivity contribution in [1.29, 1.82) is 0 Å². The highest BCUT2D eigenvalue weighted by atomic mass is 31.2. The van der Waals surface area contributed by atoms with Crippen molar-refractivity contribution < 1.29 is 18.6 Å². The lowest BCUT2D eigenvalue weighted by Gasteiger charge is -2.35. The standard InChI is InChI=1S/C21H34N7O5P/c1-8-17(11-33-34(32-10-9-22-7)28(14(2)3)15(4)5)31-13-27-12-23-18-19(27)25-21(24-16(6)29)26-20(18)30/h12,14-15,17H,8-11,13H2,1-6H3,(H2,24,25,26,29,30). The highest BCUT2D eigenvalue weighted by molar-refractivity contribution is 7.44. The average Bonchev–Trinajstić information content (AvgIpc) is 3.16. The van der Waals surface area contributed by atoms with Gasteiger partial charge in [-0.3, -0.25) is 24.5 Å². The molecule has 2 heterocycles. The van der Waals surface area contributed by atoms with Crippen LogP contribution in [0.3, 0.4) is 0 Å². The van der Waals surface area contributed by atoms with Crippen molar-refractivity contribution in [2.24, 2.45) is 0 Å². The molecule has 0 aliphatic carbocycles. The highest BCUT2D eigenvalue weighted by Gasteiger charge is 2.28. The number of carbonyl (C=O) groups excluding carboxylic acids is 1. The molecule has 12 nitrogen and oxygen atoms in total. The van der Waals surface area contributed by atoms with E-state index in [1.807, 2.05) is 6.92 Å². The summed E-state index contributed by atoms with van der Waals surface area (Å²) < 4.78 is 21.9. The first-order chi connectivity index (χ1) is 16.2. The number of rotatable bonds is 14. The largest absolute Gasteiger partial charge is 0.355 e. The smallest absolute Gasteiger partial charge is 0.280 e. The Morgan fingerprint density at radius 3 is 2.62 bits per heavy atom. The van der Waals surface area contributed by atoms with Crippen LogP contribution in [-0.4, -0.2) is 68.0 Å². The first kappa shape index (κ1) is 27.8. The van der Waals surface area contributed by atoms with Crippen LogP contribution < -0.4 is 10.9 Å². The van der Waals surface area contributed by atoms with E-state index in [0.29, 0.717) is 25.3 Å². The molecule has 13 heteroatoms. The van der Waals surface area contributed by atoms with Crippen LogP contribution in [0.1, 0.15) is 48.0 Å². The van der Waals surface area contributed by atoms with Crippen molar-refractivity contribution in [2.75, 3.05) is 25.1 Å². The summed E-state index contributed by atoms with van der Waals surface area (Å²) in [5.41, 5.74) is 0.00886. The normalized spacial score (nSPS) is 13.5. The molecule has 0 saturated carbocycles. The van der Waals surface area contributed by atoms with Crippen LogP contribution in [0.25, 0.3) is 16.0 Å². The molecule has 2 N–H and O–H groups in total. The van der Waals surface area contributed by atoms with Gasteiger partial charge in [0.05, 0.1) is 19.0 Å². The van der Waals surface area contributed by atoms with Gasteiger partial charge in [-0.25, -0.2) is 16.2 Å². The number of amides is 1. The minimum Gasteiger partial charge on any atom is -0.355 e. The molecule has 0 aromatic carbocycles. The van der Waals surface area contributed by atoms with Gasteiger partial charge < -0.3 is 18.6 Å². The van der Waals surface area contributed by atoms with Crippen molar-refractivity contribution in [2.45, 2.75) is 72.9 Å². The third-order valence-corrected chi connectivity index (χ3v) is 6.77. The Labute approximate surface area is 200 Å². The summed E-state index contributed by atoms with van der Waals surface area (Å²) >= 11 is 0. The maximum Gasteiger partial charge on any atom is 0.280 e. The monoisotopic (exact) mass is 495 g/mol. The van der Waals surface area contributed by atoms with Gasteiger partial charge in [0.2, 0.25) is 18.4 Å². The number of hydrogen-bond donors (Lipinski definition) is 2. The fourth-order valence-corrected chi connectivity index (χ4v) is 4.83. The molecule has 0 radical (unpaired) electrons. The number of ether oxygens (including phenoxy) is 1. The van der Waals surface area contributed by atoms with Crippen LogP contribution in [0.2, 0.25) is 0 Å². The summed E-state index contributed by atoms with van der Waals surface area (Å²) in [6.07, 6.45) is 1.91. The molecule has 2 aromatic heterocycles. The molecule has 1 amide bonds. The molecular weight excluding hydrogens is 461 g/mol. The van der Waals surface area contributed by atoms with Gasteiger partial charge in [0.1, 0.15) is 13.3 Å². The first-order valence-corrected chi connectivity index (χ1v) is 12.3. The van der Waals surface area contributed by atoms with Crippen LogP contribution in [-0.2, 0) is 25.3 Å². The maximum atomic E-state index is 12.2. The van der Waals surface area contributed by atoms with Crippen LogP contribution >= 0.6 is 8.53 Å². The van der Waals surface area contributed by atoms with E-state index < -0.39 is 14.1 Å². The first-order valence-electron chi connectivity index (χ1n) is 11.2. The van der Waals surface area contributed by atoms with Crippen molar-refractivity contribution in [1.82, 2.24) is 24.2 Å². The minimum atomic E-state index is -1.36. The van der Waals surface area contributed by atoms with Crippen LogP contribution in [0.15, 0.2) is 11.1 Å². The number of fused-ring (bicyclic) bond motifs is 1. The summed E-state index contributed by atoms with van der Waals surface area (Å²) in [6, 6.07) is 0.415. The van der Waals surface area contributed by atoms with Crippen molar-refractivity contribution in [3.05, 3.63) is 28.1 Å². The van der Waals surface area contributed by atoms with E-state index in [2.05, 4.69) is 57.5 Å². The van der Waals surface area contributed by atoms with Crippen LogP contribution in [0, 0.1) is 6.57 Å². The van der Waals surface area contributed by atoms with Gasteiger partial charge in [0.15, 0.2) is 11.2 Å². The third-order valence-electron chi connectivity index (χ3n) is 4.70. The van der Waals surface area contributed by atoms with E-state index in [0.717, 1.165) is 0 Å². The number of H-pyrrole nitrogens is 1. The Balaban J connectivity index is 2.08. The Morgan fingerprint density at radius 2 is 2.03 bits per heavy atom. The number of aromatic amines is 1. The number of hydrogen-bond acceptors (Lipinski definition) is 8. The van der Waals surface area contributed by atoms with E-state index in [1.54, 1.807) is 4.57 Å². The zero-order valence-corrected chi connectivity index (χ0v) is 21.5. The number of imidazole rings is 1. The summed E-state index contributed by atoms with van der Waals surface area (Å²) in [7, 11) is -1.36. The SMILES string of the molecule is [C-]#[N+]CCOP(OCC(CC)OCn1cnc2c(=O)[nH]c(NC(C)=O)nc21)N(C(C)C)C(C)C. The van der Waals surface area contributed by atoms with E-state index in [9.17, 15) is 9.59 Å². The summed E-state index contributed by atoms with van der Waals surface area (Å²) in [4.78, 5) is 37.8. The van der Waals surface area contributed by atoms with Crippen molar-refractivity contribution in [3.63, 3.8) is 0 Å². The van der Waals surface area contributed by atoms with Gasteiger partial charge in [-0.2, -0.15) is 4.98 Å². The molecule has 0 aliphatic heterocycles. The topological polar surface area (TPSA) is 128 Å². The molecule has 188 valence electrons. The Morgan fingerprint density at radius 1 is 1.32 bits per heavy atom. The molecule has 2 aromatic rings. The minimum absolute atomic E-state index is 0.0480. The predicted octanol–water partition coefficient (Wildman–Crippen LogP) is 3.13. The van der Waals surface area contributed by atoms with Gasteiger partial charge in [-0.15, -0.1) is 0 Å². The van der Waals surface area contributed by atoms with E-state index in [4.69, 9.17) is 20.4 Å². The van der Waals surface area contributed by atoms with E-state index in [1.165, 1.54) is 13.3 Å². The molecule has 2 atom stereocenters. The number of nitrogens with one attached hydrogen (secondary N) is 2. The lowest BCUT2D eigenvalue weighted by molar-refractivity contribution is -0.114. The second kappa shape index (κ2) is 13.5. The molecule has 34 heavy (non-hydrogen) atoms. The maximum absolute atomic E-state index is 12.2. The van der Waals surface area contributed by atoms with Gasteiger partial charge in [0.25, 0.3) is 14.1 Å². The van der Waals surface area contributed by atoms with Crippen molar-refractivity contribution >= 4 is 31.5 Å². The van der Waals surface area contributed by atoms with Crippen LogP contribution in [0.4, 0.5) is 5.95 Å². The average molecular weight is 496 g/mol. The van der Waals surface area contributed by atoms with Crippen molar-refractivity contribution in [3.8, 4) is 0 Å². The quantitative estimate of drug-likeness (QED) is 0.232. The lowest BCUT2D eigenvalue weighted by atomic mass is 10.3. The Bertz CT molecular complexity index is 1020. The van der Waals surface area contributed by atoms with Gasteiger partial charge >= 0.3 is 0 Å². The predicted molar refractivity (Wildman–Crippen MR) is 130 cm³/mol. The molecular formula is C21H34N7O5P. The number of aromatic nitrogens is 4. The molecule has 2 rings (SSSR count). The second-order valence-corrected chi connectivity index (χ2v) is 9.58. The Hall–Kier alpha value is -2.42. The third kappa shape index (κ3) is 7.82. The number of nitrogens with zero attached hydrogens (tertiary/aromatic N) is 5. The molecule has 0 saturated heterocycles. The molecule has 0 bridgehead atoms. The summed E-state index contributed by atoms with van der Waals surface area (Å²) in [5, 5.41) is 2.47. The zero-order chi connectivity index (χ0) is 25.3. The molecule has 0 aliphatic rings. The molecule has 2 unspecified atom stereocenters. The summed E-state index contributed by atoms with van der Waals surface area (Å²) in [5.74, 6) is -0.299. The fraction of sp³-hybridized carbons (Fsp3) is 0.667. The fourth-order valence-electron chi connectivity index (χ4n) is 3.20. The number of anilines is 1. The zero-order valence-electron chi connectivity index (χ0n) is 20.6. The Kier molecular flexibility index (Phi) is 11.0. The van der Waals surface area contributed by atoms with Gasteiger partial charge in [-0.1, -0.05) is 6.92 Å². The van der Waals surface area contributed by atoms with Gasteiger partial charge in [0, 0.05) is 19.0 Å². The highest BCUT2D eigenvalue weighted by Crippen LogP contribution is 2.46. The second-order valence-electron chi connectivity index (χ2n) is 8.12. The van der Waals surface area contributed by atoms with E-state index >= 15 is 0 Å².